The molecule has 0 aromatic carbocycles. The second-order valence-corrected chi connectivity index (χ2v) is 5.66. The Morgan fingerprint density at radius 2 is 2.42 bits per heavy atom. The Hall–Kier alpha value is -0.910. The molecule has 2 unspecified atom stereocenters. The Kier molecular flexibility index (Phi) is 4.15. The summed E-state index contributed by atoms with van der Waals surface area (Å²) in [7, 11) is 2.24. The first kappa shape index (κ1) is 13.1. The summed E-state index contributed by atoms with van der Waals surface area (Å²) in [6.45, 7) is 4.89. The van der Waals surface area contributed by atoms with E-state index in [1.54, 1.807) is 0 Å². The summed E-state index contributed by atoms with van der Waals surface area (Å²) in [5.41, 5.74) is 1.21. The fraction of sp³-hybridized carbons (Fsp3) is 0.786. The topological polar surface area (TPSA) is 42.3 Å². The SMILES string of the molecule is CN1CCCCC1Cn1cncc1C1CNCCO1. The van der Waals surface area contributed by atoms with E-state index in [-0.39, 0.29) is 6.10 Å². The monoisotopic (exact) mass is 264 g/mol. The van der Waals surface area contributed by atoms with Crippen molar-refractivity contribution in [1.82, 2.24) is 19.8 Å². The number of piperidine rings is 1. The van der Waals surface area contributed by atoms with E-state index < -0.39 is 0 Å². The molecule has 2 atom stereocenters. The van der Waals surface area contributed by atoms with Crippen molar-refractivity contribution in [3.63, 3.8) is 0 Å². The quantitative estimate of drug-likeness (QED) is 0.885. The normalized spacial score (nSPS) is 29.5. The summed E-state index contributed by atoms with van der Waals surface area (Å²) in [5.74, 6) is 0. The third-order valence-electron chi connectivity index (χ3n) is 4.33. The molecule has 2 aliphatic rings. The first-order valence-corrected chi connectivity index (χ1v) is 7.37. The van der Waals surface area contributed by atoms with Crippen molar-refractivity contribution in [1.29, 1.82) is 0 Å². The number of ether oxygens (including phenoxy) is 1. The molecule has 1 N–H and O–H groups in total. The summed E-state index contributed by atoms with van der Waals surface area (Å²) in [4.78, 5) is 6.80. The third-order valence-corrected chi connectivity index (χ3v) is 4.33. The summed E-state index contributed by atoms with van der Waals surface area (Å²) >= 11 is 0. The smallest absolute Gasteiger partial charge is 0.111 e. The molecular weight excluding hydrogens is 240 g/mol. The van der Waals surface area contributed by atoms with Crippen LogP contribution in [0.1, 0.15) is 31.1 Å². The van der Waals surface area contributed by atoms with Gasteiger partial charge in [-0.25, -0.2) is 4.98 Å². The van der Waals surface area contributed by atoms with Gasteiger partial charge in [0.2, 0.25) is 0 Å². The predicted octanol–water partition coefficient (Wildman–Crippen LogP) is 1.03. The van der Waals surface area contributed by atoms with Crippen LogP contribution in [0.3, 0.4) is 0 Å². The van der Waals surface area contributed by atoms with Crippen molar-refractivity contribution in [2.24, 2.45) is 0 Å². The van der Waals surface area contributed by atoms with Crippen LogP contribution >= 0.6 is 0 Å². The zero-order chi connectivity index (χ0) is 13.1. The van der Waals surface area contributed by atoms with Crippen LogP contribution in [0.5, 0.6) is 0 Å². The number of likely N-dealkylation sites (tertiary alicyclic amines) is 1. The van der Waals surface area contributed by atoms with Crippen LogP contribution in [0.25, 0.3) is 0 Å². The average molecular weight is 264 g/mol. The van der Waals surface area contributed by atoms with Gasteiger partial charge in [-0.3, -0.25) is 0 Å². The maximum atomic E-state index is 5.84. The van der Waals surface area contributed by atoms with Gasteiger partial charge in [0.1, 0.15) is 6.10 Å². The number of aromatic nitrogens is 2. The highest BCUT2D eigenvalue weighted by molar-refractivity contribution is 5.05. The van der Waals surface area contributed by atoms with Crippen molar-refractivity contribution in [2.45, 2.75) is 38.0 Å². The zero-order valence-electron chi connectivity index (χ0n) is 11.7. The zero-order valence-corrected chi connectivity index (χ0v) is 11.7. The molecule has 0 saturated carbocycles. The lowest BCUT2D eigenvalue weighted by molar-refractivity contribution is 0.0217. The van der Waals surface area contributed by atoms with Crippen LogP contribution < -0.4 is 5.32 Å². The molecule has 0 bridgehead atoms. The molecule has 5 nitrogen and oxygen atoms in total. The van der Waals surface area contributed by atoms with Crippen LogP contribution in [-0.4, -0.2) is 53.8 Å². The molecule has 2 saturated heterocycles. The number of morpholine rings is 1. The lowest BCUT2D eigenvalue weighted by Crippen LogP contribution is -2.40. The number of nitrogens with zero attached hydrogens (tertiary/aromatic N) is 3. The molecule has 0 aliphatic carbocycles. The summed E-state index contributed by atoms with van der Waals surface area (Å²) in [6.07, 6.45) is 8.04. The van der Waals surface area contributed by atoms with Crippen LogP contribution in [0.4, 0.5) is 0 Å². The molecule has 1 aromatic heterocycles. The van der Waals surface area contributed by atoms with Crippen LogP contribution in [0, 0.1) is 0 Å². The van der Waals surface area contributed by atoms with Gasteiger partial charge in [0.05, 0.1) is 24.8 Å². The molecule has 2 fully saturated rings. The number of hydrogen-bond acceptors (Lipinski definition) is 4. The lowest BCUT2D eigenvalue weighted by Gasteiger charge is -2.33. The van der Waals surface area contributed by atoms with E-state index in [0.29, 0.717) is 6.04 Å². The van der Waals surface area contributed by atoms with Gasteiger partial charge in [-0.2, -0.15) is 0 Å². The van der Waals surface area contributed by atoms with Gasteiger partial charge in [0.25, 0.3) is 0 Å². The fourth-order valence-corrected chi connectivity index (χ4v) is 3.11. The van der Waals surface area contributed by atoms with Crippen molar-refractivity contribution >= 4 is 0 Å². The van der Waals surface area contributed by atoms with E-state index in [9.17, 15) is 0 Å². The highest BCUT2D eigenvalue weighted by atomic mass is 16.5. The number of likely N-dealkylation sites (N-methyl/N-ethyl adjacent to an activating group) is 1. The fourth-order valence-electron chi connectivity index (χ4n) is 3.11. The molecular formula is C14H24N4O. The second kappa shape index (κ2) is 6.03. The summed E-state index contributed by atoms with van der Waals surface area (Å²) in [6, 6.07) is 0.637. The minimum atomic E-state index is 0.158. The minimum absolute atomic E-state index is 0.158. The van der Waals surface area contributed by atoms with Crippen LogP contribution in [0.2, 0.25) is 0 Å². The Morgan fingerprint density at radius 3 is 3.21 bits per heavy atom. The van der Waals surface area contributed by atoms with Gasteiger partial charge in [-0.1, -0.05) is 6.42 Å². The van der Waals surface area contributed by atoms with Gasteiger partial charge >= 0.3 is 0 Å². The minimum Gasteiger partial charge on any atom is -0.369 e. The Morgan fingerprint density at radius 1 is 1.47 bits per heavy atom. The molecule has 106 valence electrons. The molecule has 2 aliphatic heterocycles. The van der Waals surface area contributed by atoms with Crippen molar-refractivity contribution in [3.8, 4) is 0 Å². The standard InChI is InChI=1S/C14H24N4O/c1-17-6-3-2-4-12(17)10-18-11-16-8-13(18)14-9-15-5-7-19-14/h8,11-12,14-15H,2-7,9-10H2,1H3. The molecule has 0 amide bonds. The Bertz CT molecular complexity index is 400. The van der Waals surface area contributed by atoms with Gasteiger partial charge in [0, 0.05) is 25.7 Å². The van der Waals surface area contributed by atoms with E-state index in [1.807, 2.05) is 12.5 Å². The van der Waals surface area contributed by atoms with Gasteiger partial charge in [-0.05, 0) is 26.4 Å². The third kappa shape index (κ3) is 2.99. The maximum Gasteiger partial charge on any atom is 0.111 e. The Labute approximate surface area is 114 Å². The molecule has 5 heteroatoms. The van der Waals surface area contributed by atoms with Crippen molar-refractivity contribution < 1.29 is 4.74 Å². The van der Waals surface area contributed by atoms with E-state index in [1.165, 1.54) is 31.5 Å². The highest BCUT2D eigenvalue weighted by Gasteiger charge is 2.23. The maximum absolute atomic E-state index is 5.84. The van der Waals surface area contributed by atoms with E-state index in [2.05, 4.69) is 26.8 Å². The number of nitrogens with one attached hydrogen (secondary N) is 1. The van der Waals surface area contributed by atoms with Crippen molar-refractivity contribution in [2.75, 3.05) is 33.3 Å². The first-order chi connectivity index (χ1) is 9.34. The van der Waals surface area contributed by atoms with Gasteiger partial charge in [-0.15, -0.1) is 0 Å². The van der Waals surface area contributed by atoms with Crippen molar-refractivity contribution in [3.05, 3.63) is 18.2 Å². The highest BCUT2D eigenvalue weighted by Crippen LogP contribution is 2.21. The number of hydrogen-bond donors (Lipinski definition) is 1. The van der Waals surface area contributed by atoms with E-state index >= 15 is 0 Å². The lowest BCUT2D eigenvalue weighted by atomic mass is 10.0. The molecule has 1 aromatic rings. The van der Waals surface area contributed by atoms with Crippen LogP contribution in [-0.2, 0) is 11.3 Å². The molecule has 19 heavy (non-hydrogen) atoms. The second-order valence-electron chi connectivity index (χ2n) is 5.66. The number of imidazole rings is 1. The average Bonchev–Trinajstić information content (AvgIpc) is 2.91. The first-order valence-electron chi connectivity index (χ1n) is 7.37. The number of rotatable bonds is 3. The van der Waals surface area contributed by atoms with Gasteiger partial charge in [0.15, 0.2) is 0 Å². The largest absolute Gasteiger partial charge is 0.369 e. The Balaban J connectivity index is 1.68. The molecule has 3 rings (SSSR count). The van der Waals surface area contributed by atoms with Gasteiger partial charge < -0.3 is 19.5 Å². The van der Waals surface area contributed by atoms with E-state index in [0.717, 1.165) is 26.2 Å². The predicted molar refractivity (Wildman–Crippen MR) is 74.1 cm³/mol. The molecule has 3 heterocycles. The summed E-state index contributed by atoms with van der Waals surface area (Å²) < 4.78 is 8.12. The molecule has 0 spiro atoms. The molecule has 0 radical (unpaired) electrons. The van der Waals surface area contributed by atoms with E-state index in [4.69, 9.17) is 4.74 Å². The van der Waals surface area contributed by atoms with Crippen LogP contribution in [0.15, 0.2) is 12.5 Å². The summed E-state index contributed by atoms with van der Waals surface area (Å²) in [5, 5.41) is 3.39.